The van der Waals surface area contributed by atoms with Gasteiger partial charge in [0.2, 0.25) is 0 Å². The van der Waals surface area contributed by atoms with Crippen molar-refractivity contribution in [1.82, 2.24) is 0 Å². The molecule has 27 heavy (non-hydrogen) atoms. The molecule has 0 saturated carbocycles. The quantitative estimate of drug-likeness (QED) is 0.690. The zero-order chi connectivity index (χ0) is 19.4. The van der Waals surface area contributed by atoms with Crippen LogP contribution in [0.2, 0.25) is 0 Å². The highest BCUT2D eigenvalue weighted by Gasteiger charge is 2.13. The Bertz CT molecular complexity index is 1010. The third-order valence-corrected chi connectivity index (χ3v) is 4.14. The molecule has 0 aliphatic heterocycles. The van der Waals surface area contributed by atoms with Crippen molar-refractivity contribution in [2.45, 2.75) is 13.8 Å². The molecule has 0 aliphatic carbocycles. The molecule has 136 valence electrons. The van der Waals surface area contributed by atoms with E-state index in [2.05, 4.69) is 10.6 Å². The van der Waals surface area contributed by atoms with Crippen LogP contribution in [0, 0.1) is 19.7 Å². The Hall–Kier alpha value is -3.47. The number of carbonyl (C=O) groups excluding carboxylic acids is 2. The number of benzene rings is 3. The van der Waals surface area contributed by atoms with Gasteiger partial charge in [-0.25, -0.2) is 4.39 Å². The highest BCUT2D eigenvalue weighted by molar-refractivity contribution is 6.08. The lowest BCUT2D eigenvalue weighted by Crippen LogP contribution is -2.16. The van der Waals surface area contributed by atoms with E-state index in [1.165, 1.54) is 18.2 Å². The van der Waals surface area contributed by atoms with Crippen LogP contribution >= 0.6 is 0 Å². The van der Waals surface area contributed by atoms with Gasteiger partial charge in [-0.3, -0.25) is 9.59 Å². The lowest BCUT2D eigenvalue weighted by atomic mass is 10.1. The highest BCUT2D eigenvalue weighted by Crippen LogP contribution is 2.18. The van der Waals surface area contributed by atoms with Crippen LogP contribution in [0.25, 0.3) is 0 Å². The van der Waals surface area contributed by atoms with Gasteiger partial charge < -0.3 is 10.6 Å². The van der Waals surface area contributed by atoms with Gasteiger partial charge in [0, 0.05) is 16.8 Å². The Labute approximate surface area is 157 Å². The summed E-state index contributed by atoms with van der Waals surface area (Å²) in [6.45, 7) is 3.90. The average Bonchev–Trinajstić information content (AvgIpc) is 2.66. The molecule has 3 aromatic carbocycles. The molecule has 2 N–H and O–H groups in total. The molecule has 5 heteroatoms. The van der Waals surface area contributed by atoms with Crippen LogP contribution in [-0.2, 0) is 0 Å². The second-order valence-electron chi connectivity index (χ2n) is 6.29. The lowest BCUT2D eigenvalue weighted by Gasteiger charge is -2.10. The van der Waals surface area contributed by atoms with E-state index in [0.29, 0.717) is 11.3 Å². The minimum atomic E-state index is -0.519. The van der Waals surface area contributed by atoms with Crippen LogP contribution in [0.1, 0.15) is 31.8 Å². The fourth-order valence-corrected chi connectivity index (χ4v) is 2.71. The van der Waals surface area contributed by atoms with Crippen LogP contribution in [0.15, 0.2) is 66.7 Å². The van der Waals surface area contributed by atoms with E-state index in [0.717, 1.165) is 11.1 Å². The van der Waals surface area contributed by atoms with Crippen molar-refractivity contribution in [2.24, 2.45) is 0 Å². The number of rotatable bonds is 4. The van der Waals surface area contributed by atoms with E-state index in [1.54, 1.807) is 30.3 Å². The van der Waals surface area contributed by atoms with Gasteiger partial charge in [0.05, 0.1) is 5.69 Å². The number of hydrogen-bond acceptors (Lipinski definition) is 2. The molecule has 0 aliphatic rings. The van der Waals surface area contributed by atoms with Gasteiger partial charge in [-0.15, -0.1) is 0 Å². The van der Waals surface area contributed by atoms with E-state index >= 15 is 0 Å². The minimum absolute atomic E-state index is 0.0904. The Kier molecular flexibility index (Phi) is 5.31. The van der Waals surface area contributed by atoms with E-state index < -0.39 is 11.7 Å². The van der Waals surface area contributed by atoms with Crippen LogP contribution in [0.5, 0.6) is 0 Å². The highest BCUT2D eigenvalue weighted by atomic mass is 19.1. The van der Waals surface area contributed by atoms with Gasteiger partial charge in [0.25, 0.3) is 11.8 Å². The SMILES string of the molecule is Cc1ccc(NC(=O)c2cccc(C(=O)Nc3ccccc3F)c2)c(C)c1. The molecule has 3 rings (SSSR count). The number of carbonyl (C=O) groups is 2. The van der Waals surface area contributed by atoms with Gasteiger partial charge in [-0.2, -0.15) is 0 Å². The van der Waals surface area contributed by atoms with Crippen molar-refractivity contribution in [3.8, 4) is 0 Å². The Morgan fingerprint density at radius 3 is 2.00 bits per heavy atom. The summed E-state index contributed by atoms with van der Waals surface area (Å²) in [6, 6.07) is 18.0. The molecule has 0 saturated heterocycles. The first-order valence-corrected chi connectivity index (χ1v) is 8.48. The summed E-state index contributed by atoms with van der Waals surface area (Å²) < 4.78 is 13.7. The molecular formula is C22H19FN2O2. The third kappa shape index (κ3) is 4.39. The van der Waals surface area contributed by atoms with Gasteiger partial charge in [-0.1, -0.05) is 35.9 Å². The molecule has 4 nitrogen and oxygen atoms in total. The zero-order valence-corrected chi connectivity index (χ0v) is 15.0. The van der Waals surface area contributed by atoms with E-state index in [4.69, 9.17) is 0 Å². The Balaban J connectivity index is 1.77. The molecule has 0 heterocycles. The minimum Gasteiger partial charge on any atom is -0.322 e. The first-order chi connectivity index (χ1) is 12.9. The fraction of sp³-hybridized carbons (Fsp3) is 0.0909. The third-order valence-electron chi connectivity index (χ3n) is 4.14. The maximum Gasteiger partial charge on any atom is 0.255 e. The average molecular weight is 362 g/mol. The molecule has 0 unspecified atom stereocenters. The molecule has 0 fully saturated rings. The van der Waals surface area contributed by atoms with Crippen molar-refractivity contribution < 1.29 is 14.0 Å². The topological polar surface area (TPSA) is 58.2 Å². The molecular weight excluding hydrogens is 343 g/mol. The van der Waals surface area contributed by atoms with Crippen molar-refractivity contribution in [3.63, 3.8) is 0 Å². The number of para-hydroxylation sites is 1. The first kappa shape index (κ1) is 18.3. The van der Waals surface area contributed by atoms with Gasteiger partial charge in [0.15, 0.2) is 0 Å². The number of nitrogens with one attached hydrogen (secondary N) is 2. The lowest BCUT2D eigenvalue weighted by molar-refractivity contribution is 0.102. The predicted octanol–water partition coefficient (Wildman–Crippen LogP) is 4.95. The first-order valence-electron chi connectivity index (χ1n) is 8.48. The largest absolute Gasteiger partial charge is 0.322 e. The standard InChI is InChI=1S/C22H19FN2O2/c1-14-10-11-19(15(2)12-14)24-21(26)16-6-5-7-17(13-16)22(27)25-20-9-4-3-8-18(20)23/h3-13H,1-2H3,(H,24,26)(H,25,27). The summed E-state index contributed by atoms with van der Waals surface area (Å²) in [5.41, 5.74) is 3.48. The molecule has 0 radical (unpaired) electrons. The molecule has 0 aromatic heterocycles. The molecule has 2 amide bonds. The van der Waals surface area contributed by atoms with Gasteiger partial charge >= 0.3 is 0 Å². The van der Waals surface area contributed by atoms with Crippen LogP contribution in [-0.4, -0.2) is 11.8 Å². The van der Waals surface area contributed by atoms with Crippen molar-refractivity contribution in [2.75, 3.05) is 10.6 Å². The summed E-state index contributed by atoms with van der Waals surface area (Å²) in [7, 11) is 0. The summed E-state index contributed by atoms with van der Waals surface area (Å²) in [6.07, 6.45) is 0. The molecule has 0 spiro atoms. The van der Waals surface area contributed by atoms with E-state index in [-0.39, 0.29) is 17.2 Å². The fourth-order valence-electron chi connectivity index (χ4n) is 2.71. The van der Waals surface area contributed by atoms with Crippen molar-refractivity contribution in [1.29, 1.82) is 0 Å². The normalized spacial score (nSPS) is 10.3. The maximum absolute atomic E-state index is 13.7. The van der Waals surface area contributed by atoms with Crippen LogP contribution < -0.4 is 10.6 Å². The number of aryl methyl sites for hydroxylation is 2. The number of amides is 2. The number of anilines is 2. The maximum atomic E-state index is 13.7. The summed E-state index contributed by atoms with van der Waals surface area (Å²) >= 11 is 0. The van der Waals surface area contributed by atoms with E-state index in [1.807, 2.05) is 32.0 Å². The van der Waals surface area contributed by atoms with Crippen LogP contribution in [0.4, 0.5) is 15.8 Å². The van der Waals surface area contributed by atoms with Crippen LogP contribution in [0.3, 0.4) is 0 Å². The Morgan fingerprint density at radius 2 is 1.37 bits per heavy atom. The van der Waals surface area contributed by atoms with Gasteiger partial charge in [0.1, 0.15) is 5.82 Å². The monoisotopic (exact) mass is 362 g/mol. The molecule has 0 atom stereocenters. The summed E-state index contributed by atoms with van der Waals surface area (Å²) in [5.74, 6) is -1.32. The second-order valence-corrected chi connectivity index (χ2v) is 6.29. The summed E-state index contributed by atoms with van der Waals surface area (Å²) in [5, 5.41) is 5.36. The van der Waals surface area contributed by atoms with Crippen molar-refractivity contribution in [3.05, 3.63) is 94.8 Å². The zero-order valence-electron chi connectivity index (χ0n) is 15.0. The number of halogens is 1. The predicted molar refractivity (Wildman–Crippen MR) is 105 cm³/mol. The van der Waals surface area contributed by atoms with Gasteiger partial charge in [-0.05, 0) is 55.8 Å². The van der Waals surface area contributed by atoms with E-state index in [9.17, 15) is 14.0 Å². The van der Waals surface area contributed by atoms with Crippen molar-refractivity contribution >= 4 is 23.2 Å². The summed E-state index contributed by atoms with van der Waals surface area (Å²) in [4.78, 5) is 24.9. The molecule has 0 bridgehead atoms. The number of hydrogen-bond donors (Lipinski definition) is 2. The second kappa shape index (κ2) is 7.83. The smallest absolute Gasteiger partial charge is 0.255 e. The molecule has 3 aromatic rings. The Morgan fingerprint density at radius 1 is 0.741 bits per heavy atom.